The first-order valence-electron chi connectivity index (χ1n) is 8.82. The summed E-state index contributed by atoms with van der Waals surface area (Å²) in [5, 5.41) is 3.03. The molecule has 0 aliphatic carbocycles. The lowest BCUT2D eigenvalue weighted by Gasteiger charge is -2.38. The summed E-state index contributed by atoms with van der Waals surface area (Å²) in [6.45, 7) is 8.21. The van der Waals surface area contributed by atoms with Crippen LogP contribution in [0.25, 0.3) is 0 Å². The molecule has 6 heteroatoms. The summed E-state index contributed by atoms with van der Waals surface area (Å²) in [7, 11) is 3.24. The molecule has 1 N–H and O–H groups in total. The van der Waals surface area contributed by atoms with Gasteiger partial charge in [0.1, 0.15) is 0 Å². The number of amides is 1. The maximum absolute atomic E-state index is 12.4. The van der Waals surface area contributed by atoms with Gasteiger partial charge >= 0.3 is 0 Å². The molecule has 3 unspecified atom stereocenters. The predicted octanol–water partition coefficient (Wildman–Crippen LogP) is 1.86. The largest absolute Gasteiger partial charge is 0.493 e. The van der Waals surface area contributed by atoms with Gasteiger partial charge in [-0.3, -0.25) is 9.69 Å². The molecule has 1 heterocycles. The summed E-state index contributed by atoms with van der Waals surface area (Å²) >= 11 is 0. The van der Waals surface area contributed by atoms with Crippen LogP contribution in [0.1, 0.15) is 26.3 Å². The lowest BCUT2D eigenvalue weighted by atomic mass is 10.1. The van der Waals surface area contributed by atoms with E-state index in [1.54, 1.807) is 14.2 Å². The number of nitrogens with one attached hydrogen (secondary N) is 1. The van der Waals surface area contributed by atoms with Crippen LogP contribution >= 0.6 is 0 Å². The molecule has 3 atom stereocenters. The highest BCUT2D eigenvalue weighted by Crippen LogP contribution is 2.27. The van der Waals surface area contributed by atoms with Crippen molar-refractivity contribution in [2.45, 2.75) is 45.4 Å². The lowest BCUT2D eigenvalue weighted by Crippen LogP contribution is -2.54. The van der Waals surface area contributed by atoms with E-state index in [9.17, 15) is 4.79 Å². The van der Waals surface area contributed by atoms with Crippen molar-refractivity contribution < 1.29 is 19.0 Å². The molecule has 1 aromatic carbocycles. The minimum absolute atomic E-state index is 0.0572. The van der Waals surface area contributed by atoms with Crippen LogP contribution < -0.4 is 14.8 Å². The smallest absolute Gasteiger partial charge is 0.237 e. The van der Waals surface area contributed by atoms with E-state index in [4.69, 9.17) is 14.2 Å². The van der Waals surface area contributed by atoms with Gasteiger partial charge in [0.15, 0.2) is 11.5 Å². The average Bonchev–Trinajstić information content (AvgIpc) is 2.59. The van der Waals surface area contributed by atoms with Gasteiger partial charge in [0.25, 0.3) is 0 Å². The van der Waals surface area contributed by atoms with Gasteiger partial charge in [-0.2, -0.15) is 0 Å². The standard InChI is InChI=1S/C19H30N2O4/c1-13-11-21(12-14(2)25-13)15(3)19(22)20-9-8-16-6-7-17(23-4)18(10-16)24-5/h6-7,10,13-15H,8-9,11-12H2,1-5H3,(H,20,22). The molecule has 6 nitrogen and oxygen atoms in total. The highest BCUT2D eigenvalue weighted by Gasteiger charge is 2.28. The molecule has 1 aliphatic heterocycles. The van der Waals surface area contributed by atoms with E-state index in [2.05, 4.69) is 10.2 Å². The monoisotopic (exact) mass is 350 g/mol. The van der Waals surface area contributed by atoms with Crippen molar-refractivity contribution in [3.05, 3.63) is 23.8 Å². The molecule has 0 saturated carbocycles. The van der Waals surface area contributed by atoms with Crippen LogP contribution in [0.3, 0.4) is 0 Å². The summed E-state index contributed by atoms with van der Waals surface area (Å²) < 4.78 is 16.3. The van der Waals surface area contributed by atoms with E-state index in [0.29, 0.717) is 18.0 Å². The van der Waals surface area contributed by atoms with Crippen LogP contribution in [-0.4, -0.2) is 62.9 Å². The quantitative estimate of drug-likeness (QED) is 0.813. The number of ether oxygens (including phenoxy) is 3. The van der Waals surface area contributed by atoms with Crippen molar-refractivity contribution in [3.63, 3.8) is 0 Å². The van der Waals surface area contributed by atoms with Crippen molar-refractivity contribution in [1.29, 1.82) is 0 Å². The number of hydrogen-bond donors (Lipinski definition) is 1. The average molecular weight is 350 g/mol. The molecule has 25 heavy (non-hydrogen) atoms. The Balaban J connectivity index is 1.83. The summed E-state index contributed by atoms with van der Waals surface area (Å²) in [6.07, 6.45) is 1.06. The Bertz CT molecular complexity index is 569. The fraction of sp³-hybridized carbons (Fsp3) is 0.632. The number of carbonyl (C=O) groups excluding carboxylic acids is 1. The first-order valence-corrected chi connectivity index (χ1v) is 8.82. The lowest BCUT2D eigenvalue weighted by molar-refractivity contribution is -0.131. The van der Waals surface area contributed by atoms with Crippen molar-refractivity contribution in [3.8, 4) is 11.5 Å². The highest BCUT2D eigenvalue weighted by atomic mass is 16.5. The fourth-order valence-electron chi connectivity index (χ4n) is 3.21. The van der Waals surface area contributed by atoms with Gasteiger partial charge in [-0.05, 0) is 44.9 Å². The molecule has 1 aliphatic rings. The van der Waals surface area contributed by atoms with Gasteiger partial charge in [0.05, 0.1) is 32.5 Å². The Labute approximate surface area is 150 Å². The second-order valence-corrected chi connectivity index (χ2v) is 6.62. The van der Waals surface area contributed by atoms with Crippen molar-refractivity contribution in [2.24, 2.45) is 0 Å². The minimum Gasteiger partial charge on any atom is -0.493 e. The number of methoxy groups -OCH3 is 2. The molecular weight excluding hydrogens is 320 g/mol. The van der Waals surface area contributed by atoms with Gasteiger partial charge in [-0.25, -0.2) is 0 Å². The predicted molar refractivity (Wildman–Crippen MR) is 97.3 cm³/mol. The van der Waals surface area contributed by atoms with E-state index in [0.717, 1.165) is 25.1 Å². The van der Waals surface area contributed by atoms with Crippen LogP contribution in [0.5, 0.6) is 11.5 Å². The number of nitrogens with zero attached hydrogens (tertiary/aromatic N) is 1. The number of hydrogen-bond acceptors (Lipinski definition) is 5. The first kappa shape index (κ1) is 19.5. The molecule has 0 bridgehead atoms. The second kappa shape index (κ2) is 9.06. The maximum Gasteiger partial charge on any atom is 0.237 e. The summed E-state index contributed by atoms with van der Waals surface area (Å²) in [5.41, 5.74) is 1.10. The number of rotatable bonds is 7. The van der Waals surface area contributed by atoms with Crippen LogP contribution in [0.15, 0.2) is 18.2 Å². The first-order chi connectivity index (χ1) is 11.9. The van der Waals surface area contributed by atoms with Crippen LogP contribution in [0.4, 0.5) is 0 Å². The third-order valence-electron chi connectivity index (χ3n) is 4.54. The molecule has 1 amide bonds. The maximum atomic E-state index is 12.4. The van der Waals surface area contributed by atoms with Crippen molar-refractivity contribution in [2.75, 3.05) is 33.9 Å². The second-order valence-electron chi connectivity index (χ2n) is 6.62. The third-order valence-corrected chi connectivity index (χ3v) is 4.54. The summed E-state index contributed by atoms with van der Waals surface area (Å²) in [4.78, 5) is 14.6. The number of benzene rings is 1. The van der Waals surface area contributed by atoms with Crippen LogP contribution in [-0.2, 0) is 16.0 Å². The van der Waals surface area contributed by atoms with Gasteiger partial charge < -0.3 is 19.5 Å². The number of morpholine rings is 1. The molecule has 2 rings (SSSR count). The molecule has 1 saturated heterocycles. The van der Waals surface area contributed by atoms with E-state index >= 15 is 0 Å². The Morgan fingerprint density at radius 3 is 2.48 bits per heavy atom. The Morgan fingerprint density at radius 1 is 1.24 bits per heavy atom. The Kier molecular flexibility index (Phi) is 7.08. The zero-order chi connectivity index (χ0) is 18.4. The highest BCUT2D eigenvalue weighted by molar-refractivity contribution is 5.81. The fourth-order valence-corrected chi connectivity index (χ4v) is 3.21. The molecule has 0 spiro atoms. The zero-order valence-corrected chi connectivity index (χ0v) is 15.9. The van der Waals surface area contributed by atoms with Gasteiger partial charge in [-0.15, -0.1) is 0 Å². The molecule has 0 aromatic heterocycles. The molecular formula is C19H30N2O4. The van der Waals surface area contributed by atoms with E-state index < -0.39 is 0 Å². The zero-order valence-electron chi connectivity index (χ0n) is 15.9. The van der Waals surface area contributed by atoms with Crippen molar-refractivity contribution >= 4 is 5.91 Å². The Hall–Kier alpha value is -1.79. The van der Waals surface area contributed by atoms with Crippen LogP contribution in [0, 0.1) is 0 Å². The topological polar surface area (TPSA) is 60.0 Å². The Morgan fingerprint density at radius 2 is 1.88 bits per heavy atom. The van der Waals surface area contributed by atoms with E-state index in [1.807, 2.05) is 39.0 Å². The van der Waals surface area contributed by atoms with Gasteiger partial charge in [-0.1, -0.05) is 6.07 Å². The molecule has 140 valence electrons. The van der Waals surface area contributed by atoms with Crippen LogP contribution in [0.2, 0.25) is 0 Å². The normalized spacial score (nSPS) is 22.3. The van der Waals surface area contributed by atoms with E-state index in [-0.39, 0.29) is 24.2 Å². The van der Waals surface area contributed by atoms with Gasteiger partial charge in [0.2, 0.25) is 5.91 Å². The van der Waals surface area contributed by atoms with Crippen molar-refractivity contribution in [1.82, 2.24) is 10.2 Å². The minimum atomic E-state index is -0.154. The molecule has 0 radical (unpaired) electrons. The third kappa shape index (κ3) is 5.34. The SMILES string of the molecule is COc1ccc(CCNC(=O)C(C)N2CC(C)OC(C)C2)cc1OC. The molecule has 1 aromatic rings. The summed E-state index contributed by atoms with van der Waals surface area (Å²) in [5.74, 6) is 1.47. The number of carbonyl (C=O) groups is 1. The summed E-state index contributed by atoms with van der Waals surface area (Å²) in [6, 6.07) is 5.66. The molecule has 1 fully saturated rings. The van der Waals surface area contributed by atoms with Gasteiger partial charge in [0, 0.05) is 19.6 Å². The van der Waals surface area contributed by atoms with E-state index in [1.165, 1.54) is 0 Å².